The number of rotatable bonds is 7. The second-order valence-electron chi connectivity index (χ2n) is 4.78. The van der Waals surface area contributed by atoms with Crippen LogP contribution in [0, 0.1) is 0 Å². The van der Waals surface area contributed by atoms with Gasteiger partial charge in [-0.15, -0.1) is 0 Å². The lowest BCUT2D eigenvalue weighted by molar-refractivity contribution is 0.104. The number of hydrogen-bond acceptors (Lipinski definition) is 4. The molecule has 2 rings (SSSR count). The van der Waals surface area contributed by atoms with Crippen LogP contribution in [0.15, 0.2) is 48.7 Å². The molecule has 2 unspecified atom stereocenters. The molecule has 0 aliphatic carbocycles. The van der Waals surface area contributed by atoms with Crippen molar-refractivity contribution in [3.8, 4) is 5.75 Å². The quantitative estimate of drug-likeness (QED) is 0.826. The molecule has 0 saturated carbocycles. The zero-order valence-electron chi connectivity index (χ0n) is 11.9. The van der Waals surface area contributed by atoms with E-state index in [0.717, 1.165) is 5.69 Å². The fourth-order valence-electron chi connectivity index (χ4n) is 1.86. The number of nitrogens with one attached hydrogen (secondary N) is 1. The smallest absolute Gasteiger partial charge is 0.138 e. The molecular weight excluding hydrogens is 288 g/mol. The summed E-state index contributed by atoms with van der Waals surface area (Å²) in [4.78, 5) is 4.27. The molecule has 0 amide bonds. The molecule has 2 N–H and O–H groups in total. The minimum absolute atomic E-state index is 0.0705. The Bertz CT molecular complexity index is 551. The summed E-state index contributed by atoms with van der Waals surface area (Å²) >= 11 is 5.98. The molecule has 0 bridgehead atoms. The van der Waals surface area contributed by atoms with Crippen molar-refractivity contribution in [2.75, 3.05) is 13.2 Å². The van der Waals surface area contributed by atoms with Crippen molar-refractivity contribution in [1.29, 1.82) is 0 Å². The van der Waals surface area contributed by atoms with Crippen LogP contribution in [0.5, 0.6) is 5.75 Å². The highest BCUT2D eigenvalue weighted by Gasteiger charge is 2.10. The third-order valence-corrected chi connectivity index (χ3v) is 3.37. The van der Waals surface area contributed by atoms with Crippen LogP contribution in [-0.4, -0.2) is 29.3 Å². The highest BCUT2D eigenvalue weighted by molar-refractivity contribution is 6.32. The first-order chi connectivity index (χ1) is 10.2. The Labute approximate surface area is 129 Å². The number of para-hydroxylation sites is 1. The number of ether oxygens (including phenoxy) is 1. The second-order valence-corrected chi connectivity index (χ2v) is 5.19. The van der Waals surface area contributed by atoms with Gasteiger partial charge in [-0.05, 0) is 31.2 Å². The number of nitrogens with zero attached hydrogens (tertiary/aromatic N) is 1. The number of aliphatic hydroxyl groups excluding tert-OH is 1. The monoisotopic (exact) mass is 306 g/mol. The number of hydrogen-bond donors (Lipinski definition) is 2. The van der Waals surface area contributed by atoms with E-state index < -0.39 is 6.10 Å². The van der Waals surface area contributed by atoms with Gasteiger partial charge in [0.15, 0.2) is 0 Å². The fourth-order valence-corrected chi connectivity index (χ4v) is 2.05. The zero-order chi connectivity index (χ0) is 15.1. The van der Waals surface area contributed by atoms with E-state index in [0.29, 0.717) is 17.3 Å². The summed E-state index contributed by atoms with van der Waals surface area (Å²) in [6.07, 6.45) is 1.14. The van der Waals surface area contributed by atoms with Crippen LogP contribution in [0.1, 0.15) is 18.7 Å². The van der Waals surface area contributed by atoms with Gasteiger partial charge in [0.25, 0.3) is 0 Å². The lowest BCUT2D eigenvalue weighted by atomic mass is 10.2. The third kappa shape index (κ3) is 5.01. The van der Waals surface area contributed by atoms with Gasteiger partial charge in [-0.25, -0.2) is 0 Å². The predicted octanol–water partition coefficient (Wildman–Crippen LogP) is 2.83. The first kappa shape index (κ1) is 15.8. The summed E-state index contributed by atoms with van der Waals surface area (Å²) < 4.78 is 5.50. The maximum atomic E-state index is 9.95. The summed E-state index contributed by atoms with van der Waals surface area (Å²) in [5, 5.41) is 13.7. The van der Waals surface area contributed by atoms with Crippen LogP contribution in [0.25, 0.3) is 0 Å². The molecular formula is C16H19ClN2O2. The zero-order valence-corrected chi connectivity index (χ0v) is 12.6. The van der Waals surface area contributed by atoms with E-state index in [9.17, 15) is 5.11 Å². The predicted molar refractivity (Wildman–Crippen MR) is 83.6 cm³/mol. The van der Waals surface area contributed by atoms with E-state index in [4.69, 9.17) is 16.3 Å². The first-order valence-electron chi connectivity index (χ1n) is 6.86. The molecule has 21 heavy (non-hydrogen) atoms. The Balaban J connectivity index is 1.75. The number of aliphatic hydroxyl groups is 1. The van der Waals surface area contributed by atoms with E-state index in [1.165, 1.54) is 0 Å². The van der Waals surface area contributed by atoms with Crippen molar-refractivity contribution in [3.63, 3.8) is 0 Å². The van der Waals surface area contributed by atoms with Crippen LogP contribution in [0.3, 0.4) is 0 Å². The Morgan fingerprint density at radius 2 is 2.00 bits per heavy atom. The van der Waals surface area contributed by atoms with Gasteiger partial charge >= 0.3 is 0 Å². The molecule has 2 atom stereocenters. The van der Waals surface area contributed by atoms with Gasteiger partial charge < -0.3 is 15.2 Å². The lowest BCUT2D eigenvalue weighted by Crippen LogP contribution is -2.33. The SMILES string of the molecule is CC(NCC(O)COc1ccccc1Cl)c1ccccn1. The largest absolute Gasteiger partial charge is 0.489 e. The van der Waals surface area contributed by atoms with E-state index in [1.54, 1.807) is 18.3 Å². The maximum Gasteiger partial charge on any atom is 0.138 e. The molecule has 2 aromatic rings. The molecule has 1 heterocycles. The van der Waals surface area contributed by atoms with E-state index in [1.807, 2.05) is 37.3 Å². The van der Waals surface area contributed by atoms with Crippen molar-refractivity contribution in [3.05, 3.63) is 59.4 Å². The van der Waals surface area contributed by atoms with Crippen molar-refractivity contribution in [2.24, 2.45) is 0 Å². The topological polar surface area (TPSA) is 54.4 Å². The third-order valence-electron chi connectivity index (χ3n) is 3.06. The minimum Gasteiger partial charge on any atom is -0.489 e. The summed E-state index contributed by atoms with van der Waals surface area (Å²) in [6, 6.07) is 13.0. The maximum absolute atomic E-state index is 9.95. The van der Waals surface area contributed by atoms with Crippen LogP contribution >= 0.6 is 11.6 Å². The molecule has 0 aliphatic rings. The Morgan fingerprint density at radius 1 is 1.24 bits per heavy atom. The molecule has 0 aliphatic heterocycles. The Morgan fingerprint density at radius 3 is 2.71 bits per heavy atom. The molecule has 1 aromatic carbocycles. The summed E-state index contributed by atoms with van der Waals surface area (Å²) in [7, 11) is 0. The molecule has 0 spiro atoms. The van der Waals surface area contributed by atoms with Crippen LogP contribution in [-0.2, 0) is 0 Å². The molecule has 4 nitrogen and oxygen atoms in total. The van der Waals surface area contributed by atoms with Crippen LogP contribution < -0.4 is 10.1 Å². The van der Waals surface area contributed by atoms with Gasteiger partial charge in [-0.2, -0.15) is 0 Å². The van der Waals surface area contributed by atoms with Crippen molar-refractivity contribution < 1.29 is 9.84 Å². The van der Waals surface area contributed by atoms with Crippen molar-refractivity contribution in [1.82, 2.24) is 10.3 Å². The van der Waals surface area contributed by atoms with E-state index in [-0.39, 0.29) is 12.6 Å². The summed E-state index contributed by atoms with van der Waals surface area (Å²) in [5.41, 5.74) is 0.941. The fraction of sp³-hybridized carbons (Fsp3) is 0.312. The second kappa shape index (κ2) is 7.98. The van der Waals surface area contributed by atoms with Crippen molar-refractivity contribution >= 4 is 11.6 Å². The average Bonchev–Trinajstić information content (AvgIpc) is 2.52. The van der Waals surface area contributed by atoms with Crippen LogP contribution in [0.2, 0.25) is 5.02 Å². The van der Waals surface area contributed by atoms with Gasteiger partial charge in [-0.3, -0.25) is 4.98 Å². The summed E-state index contributed by atoms with van der Waals surface area (Å²) in [5.74, 6) is 0.580. The Hall–Kier alpha value is -1.62. The normalized spacial score (nSPS) is 13.7. The number of pyridine rings is 1. The highest BCUT2D eigenvalue weighted by Crippen LogP contribution is 2.23. The number of halogens is 1. The molecule has 5 heteroatoms. The van der Waals surface area contributed by atoms with Gasteiger partial charge in [0.1, 0.15) is 18.5 Å². The van der Waals surface area contributed by atoms with Gasteiger partial charge in [0, 0.05) is 18.8 Å². The van der Waals surface area contributed by atoms with E-state index >= 15 is 0 Å². The standard InChI is InChI=1S/C16H19ClN2O2/c1-12(15-7-4-5-9-18-15)19-10-13(20)11-21-16-8-3-2-6-14(16)17/h2-9,12-13,19-20H,10-11H2,1H3. The molecule has 1 aromatic heterocycles. The summed E-state index contributed by atoms with van der Waals surface area (Å²) in [6.45, 7) is 2.61. The van der Waals surface area contributed by atoms with Gasteiger partial charge in [0.2, 0.25) is 0 Å². The molecule has 0 radical (unpaired) electrons. The first-order valence-corrected chi connectivity index (χ1v) is 7.24. The number of aromatic nitrogens is 1. The number of benzene rings is 1. The average molecular weight is 307 g/mol. The molecule has 0 fully saturated rings. The van der Waals surface area contributed by atoms with Crippen LogP contribution in [0.4, 0.5) is 0 Å². The van der Waals surface area contributed by atoms with Gasteiger partial charge in [0.05, 0.1) is 10.7 Å². The Kier molecular flexibility index (Phi) is 5.99. The van der Waals surface area contributed by atoms with E-state index in [2.05, 4.69) is 10.3 Å². The minimum atomic E-state index is -0.618. The van der Waals surface area contributed by atoms with Gasteiger partial charge in [-0.1, -0.05) is 29.8 Å². The molecule has 112 valence electrons. The molecule has 0 saturated heterocycles. The lowest BCUT2D eigenvalue weighted by Gasteiger charge is -2.17. The van der Waals surface area contributed by atoms with Crippen molar-refractivity contribution in [2.45, 2.75) is 19.1 Å². The highest BCUT2D eigenvalue weighted by atomic mass is 35.5.